The van der Waals surface area contributed by atoms with Gasteiger partial charge in [-0.1, -0.05) is 46.4 Å². The van der Waals surface area contributed by atoms with E-state index in [2.05, 4.69) is 5.10 Å². The quantitative estimate of drug-likeness (QED) is 0.443. The first kappa shape index (κ1) is 21.3. The minimum atomic E-state index is -0.626. The van der Waals surface area contributed by atoms with Crippen molar-refractivity contribution in [2.45, 2.75) is 13.3 Å². The number of amides is 2. The topological polar surface area (TPSA) is 96.1 Å². The van der Waals surface area contributed by atoms with Gasteiger partial charge in [-0.25, -0.2) is 0 Å². The lowest BCUT2D eigenvalue weighted by atomic mass is 10.2. The molecule has 8 nitrogen and oxygen atoms in total. The Morgan fingerprint density at radius 3 is 2.31 bits per heavy atom. The number of carbonyl (C=O) groups is 2. The van der Waals surface area contributed by atoms with E-state index in [1.807, 2.05) is 0 Å². The highest BCUT2D eigenvalue weighted by Crippen LogP contribution is 2.39. The summed E-state index contributed by atoms with van der Waals surface area (Å²) < 4.78 is 0. The molecule has 0 saturated carbocycles. The van der Waals surface area contributed by atoms with Crippen molar-refractivity contribution in [3.63, 3.8) is 0 Å². The van der Waals surface area contributed by atoms with Gasteiger partial charge < -0.3 is 0 Å². The van der Waals surface area contributed by atoms with Crippen LogP contribution in [0, 0.1) is 10.1 Å². The zero-order chi connectivity index (χ0) is 21.5. The fraction of sp³-hybridized carbons (Fsp3) is 0.118. The number of carbonyl (C=O) groups excluding carboxylic acids is 2. The number of halogens is 4. The SMILES string of the molecule is CC(=O)N(C1=NN(c2c(Cl)cc(Cl)cc2Cl)C(=O)C1)c1cc([N+](=O)[O-])ccc1Cl. The van der Waals surface area contributed by atoms with Crippen molar-refractivity contribution < 1.29 is 14.5 Å². The summed E-state index contributed by atoms with van der Waals surface area (Å²) in [6.45, 7) is 1.22. The number of nitrogens with zero attached hydrogens (tertiary/aromatic N) is 4. The fourth-order valence-corrected chi connectivity index (χ4v) is 3.91. The van der Waals surface area contributed by atoms with E-state index < -0.39 is 16.7 Å². The van der Waals surface area contributed by atoms with E-state index in [9.17, 15) is 19.7 Å². The van der Waals surface area contributed by atoms with Gasteiger partial charge in [-0.3, -0.25) is 24.6 Å². The fourth-order valence-electron chi connectivity index (χ4n) is 2.73. The van der Waals surface area contributed by atoms with Crippen LogP contribution >= 0.6 is 46.4 Å². The highest BCUT2D eigenvalue weighted by Gasteiger charge is 2.34. The Morgan fingerprint density at radius 2 is 1.76 bits per heavy atom. The van der Waals surface area contributed by atoms with Gasteiger partial charge in [0.05, 0.1) is 32.1 Å². The van der Waals surface area contributed by atoms with Gasteiger partial charge in [0.2, 0.25) is 5.91 Å². The largest absolute Gasteiger partial charge is 0.274 e. The average molecular weight is 476 g/mol. The van der Waals surface area contributed by atoms with Crippen LogP contribution < -0.4 is 9.91 Å². The predicted molar refractivity (Wildman–Crippen MR) is 112 cm³/mol. The molecule has 1 heterocycles. The van der Waals surface area contributed by atoms with E-state index in [4.69, 9.17) is 46.4 Å². The molecule has 0 bridgehead atoms. The first-order chi connectivity index (χ1) is 13.6. The lowest BCUT2D eigenvalue weighted by Crippen LogP contribution is -2.34. The lowest BCUT2D eigenvalue weighted by molar-refractivity contribution is -0.384. The van der Waals surface area contributed by atoms with Crippen LogP contribution in [-0.4, -0.2) is 22.6 Å². The molecule has 2 aromatic carbocycles. The van der Waals surface area contributed by atoms with Crippen molar-refractivity contribution in [3.8, 4) is 0 Å². The highest BCUT2D eigenvalue weighted by atomic mass is 35.5. The molecule has 12 heteroatoms. The summed E-state index contributed by atoms with van der Waals surface area (Å²) in [5.74, 6) is -1.06. The number of nitro benzene ring substituents is 1. The number of benzene rings is 2. The third-order valence-electron chi connectivity index (χ3n) is 3.91. The maximum absolute atomic E-state index is 12.6. The number of anilines is 2. The van der Waals surface area contributed by atoms with Crippen LogP contribution in [-0.2, 0) is 9.59 Å². The van der Waals surface area contributed by atoms with Gasteiger partial charge in [-0.15, -0.1) is 0 Å². The zero-order valence-corrected chi connectivity index (χ0v) is 17.6. The highest BCUT2D eigenvalue weighted by molar-refractivity contribution is 6.43. The molecule has 150 valence electrons. The maximum atomic E-state index is 12.6. The molecule has 0 fully saturated rings. The molecule has 3 rings (SSSR count). The number of amidine groups is 1. The minimum absolute atomic E-state index is 0.00646. The third-order valence-corrected chi connectivity index (χ3v) is 5.02. The van der Waals surface area contributed by atoms with E-state index in [0.29, 0.717) is 0 Å². The number of hydrogen-bond donors (Lipinski definition) is 0. The van der Waals surface area contributed by atoms with Crippen molar-refractivity contribution in [1.82, 2.24) is 0 Å². The zero-order valence-electron chi connectivity index (χ0n) is 14.5. The summed E-state index contributed by atoms with van der Waals surface area (Å²) in [5.41, 5.74) is -0.150. The van der Waals surface area contributed by atoms with Crippen LogP contribution in [0.15, 0.2) is 35.4 Å². The first-order valence-corrected chi connectivity index (χ1v) is 9.41. The molecule has 0 radical (unpaired) electrons. The van der Waals surface area contributed by atoms with Crippen LogP contribution in [0.25, 0.3) is 0 Å². The Balaban J connectivity index is 2.10. The van der Waals surface area contributed by atoms with Crippen LogP contribution in [0.2, 0.25) is 20.1 Å². The molecule has 1 aliphatic heterocycles. The molecular formula is C17H10Cl4N4O4. The summed E-state index contributed by atoms with van der Waals surface area (Å²) in [6, 6.07) is 6.40. The molecule has 1 aliphatic rings. The average Bonchev–Trinajstić information content (AvgIpc) is 2.96. The second-order valence-corrected chi connectivity index (χ2v) is 7.52. The second kappa shape index (κ2) is 8.16. The van der Waals surface area contributed by atoms with E-state index >= 15 is 0 Å². The van der Waals surface area contributed by atoms with Gasteiger partial charge >= 0.3 is 0 Å². The summed E-state index contributed by atoms with van der Waals surface area (Å²) in [4.78, 5) is 36.4. The Hall–Kier alpha value is -2.39. The summed E-state index contributed by atoms with van der Waals surface area (Å²) in [5, 5.41) is 16.7. The number of hydrogen-bond acceptors (Lipinski definition) is 5. The smallest absolute Gasteiger partial charge is 0.271 e. The molecule has 0 N–H and O–H groups in total. The van der Waals surface area contributed by atoms with Crippen LogP contribution in [0.5, 0.6) is 0 Å². The van der Waals surface area contributed by atoms with Crippen molar-refractivity contribution in [2.75, 3.05) is 9.91 Å². The predicted octanol–water partition coefficient (Wildman–Crippen LogP) is 5.31. The Morgan fingerprint density at radius 1 is 1.14 bits per heavy atom. The summed E-state index contributed by atoms with van der Waals surface area (Å²) in [6.07, 6.45) is -0.284. The van der Waals surface area contributed by atoms with Gasteiger partial charge in [0, 0.05) is 24.1 Å². The molecule has 0 saturated heterocycles. The Labute approximate surface area is 184 Å². The van der Waals surface area contributed by atoms with Crippen LogP contribution in [0.3, 0.4) is 0 Å². The molecule has 0 spiro atoms. The monoisotopic (exact) mass is 474 g/mol. The van der Waals surface area contributed by atoms with E-state index in [1.165, 1.54) is 31.2 Å². The van der Waals surface area contributed by atoms with Crippen LogP contribution in [0.4, 0.5) is 17.1 Å². The molecular weight excluding hydrogens is 466 g/mol. The lowest BCUT2D eigenvalue weighted by Gasteiger charge is -2.21. The van der Waals surface area contributed by atoms with Crippen molar-refractivity contribution >= 4 is 81.1 Å². The number of hydrazone groups is 1. The Bertz CT molecular complexity index is 1070. The van der Waals surface area contributed by atoms with Crippen LogP contribution in [0.1, 0.15) is 13.3 Å². The van der Waals surface area contributed by atoms with E-state index in [-0.39, 0.29) is 49.4 Å². The maximum Gasteiger partial charge on any atom is 0.271 e. The van der Waals surface area contributed by atoms with Crippen molar-refractivity contribution in [1.29, 1.82) is 0 Å². The Kier molecular flexibility index (Phi) is 6.00. The van der Waals surface area contributed by atoms with Crippen molar-refractivity contribution in [3.05, 3.63) is 60.5 Å². The minimum Gasteiger partial charge on any atom is -0.274 e. The molecule has 29 heavy (non-hydrogen) atoms. The standard InChI is InChI=1S/C17H10Cl4N4O4/c1-8(26)23(14-6-10(25(28)29)2-3-11(14)19)15-7-16(27)24(22-15)17-12(20)4-9(18)5-13(17)21/h2-6H,7H2,1H3. The van der Waals surface area contributed by atoms with Gasteiger partial charge in [-0.05, 0) is 18.2 Å². The molecule has 2 aromatic rings. The summed E-state index contributed by atoms with van der Waals surface area (Å²) >= 11 is 24.4. The number of rotatable bonds is 3. The van der Waals surface area contributed by atoms with Crippen molar-refractivity contribution in [2.24, 2.45) is 5.10 Å². The van der Waals surface area contributed by atoms with Gasteiger partial charge in [0.25, 0.3) is 11.6 Å². The van der Waals surface area contributed by atoms with Gasteiger partial charge in [0.15, 0.2) is 0 Å². The molecule has 0 aliphatic carbocycles. The summed E-state index contributed by atoms with van der Waals surface area (Å²) in [7, 11) is 0. The molecule has 0 aromatic heterocycles. The van der Waals surface area contributed by atoms with Gasteiger partial charge in [-0.2, -0.15) is 10.1 Å². The molecule has 0 unspecified atom stereocenters. The molecule has 2 amide bonds. The van der Waals surface area contributed by atoms with E-state index in [1.54, 1.807) is 0 Å². The molecule has 0 atom stereocenters. The number of nitro groups is 1. The first-order valence-electron chi connectivity index (χ1n) is 7.89. The second-order valence-electron chi connectivity index (χ2n) is 5.86. The normalized spacial score (nSPS) is 13.5. The van der Waals surface area contributed by atoms with Gasteiger partial charge in [0.1, 0.15) is 11.5 Å². The van der Waals surface area contributed by atoms with E-state index in [0.717, 1.165) is 16.0 Å². The number of non-ortho nitro benzene ring substituents is 1. The third kappa shape index (κ3) is 4.16.